The number of carboxylic acids is 1. The highest BCUT2D eigenvalue weighted by Crippen LogP contribution is 2.63. The van der Waals surface area contributed by atoms with E-state index in [0.29, 0.717) is 11.8 Å². The molecule has 202 valence electrons. The number of guanidine groups is 1. The first kappa shape index (κ1) is 25.1. The topological polar surface area (TPSA) is 165 Å². The molecule has 1 aromatic heterocycles. The summed E-state index contributed by atoms with van der Waals surface area (Å²) >= 11 is 0. The number of rotatable bonds is 3. The van der Waals surface area contributed by atoms with Crippen molar-refractivity contribution in [1.29, 1.82) is 5.41 Å². The average Bonchev–Trinajstić information content (AvgIpc) is 3.28. The van der Waals surface area contributed by atoms with Crippen molar-refractivity contribution in [3.05, 3.63) is 65.7 Å². The predicted octanol–water partition coefficient (Wildman–Crippen LogP) is 1.97. The first-order valence-corrected chi connectivity index (χ1v) is 13.0. The van der Waals surface area contributed by atoms with Crippen LogP contribution in [0.1, 0.15) is 17.5 Å². The number of fused-ring (bicyclic) bond motifs is 1. The van der Waals surface area contributed by atoms with Gasteiger partial charge in [0.1, 0.15) is 18.8 Å². The second kappa shape index (κ2) is 9.25. The third-order valence-electron chi connectivity index (χ3n) is 8.58. The van der Waals surface area contributed by atoms with Crippen LogP contribution in [-0.2, 0) is 16.6 Å². The number of phenolic OH excluding ortho intramolecular Hbond substituents is 1. The molecule has 0 saturated carbocycles. The summed E-state index contributed by atoms with van der Waals surface area (Å²) in [5, 5.41) is 39.5. The molecule has 0 radical (unpaired) electrons. The molecule has 2 bridgehead atoms. The van der Waals surface area contributed by atoms with Gasteiger partial charge in [0.15, 0.2) is 17.5 Å². The smallest absolute Gasteiger partial charge is 0.322 e. The highest BCUT2D eigenvalue weighted by Gasteiger charge is 2.64. The number of carboxylic acid groups (broad SMARTS) is 1. The van der Waals surface area contributed by atoms with Gasteiger partial charge < -0.3 is 36.0 Å². The third-order valence-corrected chi connectivity index (χ3v) is 8.58. The molecule has 5 atom stereocenters. The number of aliphatic carboxylic acids is 1. The molecule has 3 heterocycles. The highest BCUT2D eigenvalue weighted by atomic mass is 16.5. The van der Waals surface area contributed by atoms with Crippen LogP contribution in [0.4, 0.5) is 0 Å². The fourth-order valence-corrected chi connectivity index (χ4v) is 6.94. The van der Waals surface area contributed by atoms with Crippen molar-refractivity contribution in [3.63, 3.8) is 0 Å². The number of aromatic hydroxyl groups is 1. The van der Waals surface area contributed by atoms with Crippen LogP contribution in [0.15, 0.2) is 54.6 Å². The minimum Gasteiger partial charge on any atom is -0.504 e. The number of hydrogen-bond acceptors (Lipinski definition) is 7. The number of nitrogens with one attached hydrogen (secondary N) is 2. The summed E-state index contributed by atoms with van der Waals surface area (Å²) in [6.07, 6.45) is 4.86. The normalized spacial score (nSPS) is 27.6. The molecule has 10 heteroatoms. The fourth-order valence-electron chi connectivity index (χ4n) is 6.94. The Hall–Kier alpha value is -4.15. The standard InChI is InChI=1S/C26H24N2O3.C3H7N3O2/c1-28-11-10-26-17-7-9-21(29)25(26)31-24-22(30)13-15(16(23(24)26)12-20(17)28)19-8-6-14-4-2-3-5-18(14)27-19;4-3(5)6-1-2(7)8/h2-9,13,17,20-21,25,29-30H,10-12H2,1H3;1H2,(H,7,8)(H4,4,5,6)/t17-,20+,21-,25-,26-;/m0./s1. The van der Waals surface area contributed by atoms with E-state index in [-0.39, 0.29) is 35.7 Å². The van der Waals surface area contributed by atoms with Crippen LogP contribution < -0.4 is 15.8 Å². The van der Waals surface area contributed by atoms with Gasteiger partial charge in [0.2, 0.25) is 0 Å². The number of aliphatic hydroxyl groups excluding tert-OH is 1. The number of nitrogens with zero attached hydrogens (tertiary/aromatic N) is 2. The number of benzene rings is 2. The zero-order chi connectivity index (χ0) is 27.5. The molecule has 39 heavy (non-hydrogen) atoms. The van der Waals surface area contributed by atoms with Crippen LogP contribution in [-0.4, -0.2) is 75.5 Å². The lowest BCUT2D eigenvalue weighted by Crippen LogP contribution is -2.64. The number of pyridine rings is 1. The monoisotopic (exact) mass is 529 g/mol. The molecular weight excluding hydrogens is 498 g/mol. The van der Waals surface area contributed by atoms with E-state index in [1.165, 1.54) is 5.56 Å². The van der Waals surface area contributed by atoms with E-state index in [1.807, 2.05) is 36.4 Å². The van der Waals surface area contributed by atoms with Crippen molar-refractivity contribution < 1.29 is 24.9 Å². The summed E-state index contributed by atoms with van der Waals surface area (Å²) in [5.41, 5.74) is 9.58. The van der Waals surface area contributed by atoms with Gasteiger partial charge in [0, 0.05) is 33.9 Å². The van der Waals surface area contributed by atoms with Crippen molar-refractivity contribution >= 4 is 22.8 Å². The third kappa shape index (κ3) is 3.90. The van der Waals surface area contributed by atoms with Gasteiger partial charge in [0.05, 0.1) is 11.2 Å². The number of piperidine rings is 1. The van der Waals surface area contributed by atoms with Crippen molar-refractivity contribution in [1.82, 2.24) is 15.2 Å². The Morgan fingerprint density at radius 3 is 2.82 bits per heavy atom. The summed E-state index contributed by atoms with van der Waals surface area (Å²) in [6, 6.07) is 14.4. The molecule has 0 unspecified atom stereocenters. The average molecular weight is 530 g/mol. The maximum Gasteiger partial charge on any atom is 0.322 e. The number of para-hydroxylation sites is 1. The van der Waals surface area contributed by atoms with E-state index in [0.717, 1.165) is 47.1 Å². The number of aromatic nitrogens is 1. The number of likely N-dealkylation sites (tertiary alicyclic amines) is 1. The Kier molecular flexibility index (Phi) is 5.96. The fraction of sp³-hybridized carbons (Fsp3) is 0.345. The number of nitrogens with two attached hydrogens (primary N) is 1. The number of ether oxygens (including phenoxy) is 1. The Labute approximate surface area is 225 Å². The van der Waals surface area contributed by atoms with E-state index in [9.17, 15) is 15.0 Å². The largest absolute Gasteiger partial charge is 0.504 e. The number of phenols is 1. The number of carbonyl (C=O) groups is 1. The van der Waals surface area contributed by atoms with Crippen LogP contribution >= 0.6 is 0 Å². The van der Waals surface area contributed by atoms with Crippen LogP contribution in [0.2, 0.25) is 0 Å². The molecule has 4 aliphatic rings. The van der Waals surface area contributed by atoms with Gasteiger partial charge in [-0.25, -0.2) is 4.98 Å². The Balaban J connectivity index is 0.000000305. The summed E-state index contributed by atoms with van der Waals surface area (Å²) in [4.78, 5) is 17.1. The molecule has 2 aromatic carbocycles. The van der Waals surface area contributed by atoms with Gasteiger partial charge in [0.25, 0.3) is 0 Å². The highest BCUT2D eigenvalue weighted by molar-refractivity contribution is 5.84. The summed E-state index contributed by atoms with van der Waals surface area (Å²) in [6.45, 7) is 0.662. The Morgan fingerprint density at radius 2 is 2.08 bits per heavy atom. The zero-order valence-corrected chi connectivity index (χ0v) is 21.5. The summed E-state index contributed by atoms with van der Waals surface area (Å²) in [5.74, 6) is -0.365. The van der Waals surface area contributed by atoms with Crippen LogP contribution in [0.5, 0.6) is 11.5 Å². The molecule has 7 N–H and O–H groups in total. The zero-order valence-electron chi connectivity index (χ0n) is 21.5. The molecule has 10 nitrogen and oxygen atoms in total. The van der Waals surface area contributed by atoms with Crippen LogP contribution in [0.3, 0.4) is 0 Å². The minimum atomic E-state index is -1.03. The van der Waals surface area contributed by atoms with Crippen molar-refractivity contribution in [2.75, 3.05) is 20.1 Å². The second-order valence-electron chi connectivity index (χ2n) is 10.7. The van der Waals surface area contributed by atoms with E-state index >= 15 is 0 Å². The van der Waals surface area contributed by atoms with E-state index in [2.05, 4.69) is 35.5 Å². The number of aliphatic hydroxyl groups is 1. The number of hydrogen-bond donors (Lipinski definition) is 6. The van der Waals surface area contributed by atoms with Gasteiger partial charge in [-0.05, 0) is 50.2 Å². The lowest BCUT2D eigenvalue weighted by atomic mass is 9.53. The first-order valence-electron chi connectivity index (χ1n) is 13.0. The van der Waals surface area contributed by atoms with E-state index in [4.69, 9.17) is 26.0 Å². The summed E-state index contributed by atoms with van der Waals surface area (Å²) in [7, 11) is 2.20. The minimum absolute atomic E-state index is 0.149. The van der Waals surface area contributed by atoms with Gasteiger partial charge >= 0.3 is 5.97 Å². The van der Waals surface area contributed by atoms with Crippen molar-refractivity contribution in [2.45, 2.75) is 36.5 Å². The van der Waals surface area contributed by atoms with Gasteiger partial charge in [-0.1, -0.05) is 36.4 Å². The first-order chi connectivity index (χ1) is 18.7. The Bertz CT molecular complexity index is 1510. The van der Waals surface area contributed by atoms with Crippen molar-refractivity contribution in [2.24, 2.45) is 11.7 Å². The molecule has 0 amide bonds. The predicted molar refractivity (Wildman–Crippen MR) is 146 cm³/mol. The van der Waals surface area contributed by atoms with Crippen molar-refractivity contribution in [3.8, 4) is 22.8 Å². The summed E-state index contributed by atoms with van der Waals surface area (Å²) < 4.78 is 6.33. The molecule has 2 aliphatic carbocycles. The van der Waals surface area contributed by atoms with Gasteiger partial charge in [-0.2, -0.15) is 0 Å². The molecule has 1 spiro atoms. The lowest BCUT2D eigenvalue weighted by Gasteiger charge is -2.56. The molecule has 1 fully saturated rings. The lowest BCUT2D eigenvalue weighted by molar-refractivity contribution is -0.135. The van der Waals surface area contributed by atoms with E-state index < -0.39 is 12.1 Å². The molecule has 3 aromatic rings. The maximum atomic E-state index is 11.0. The van der Waals surface area contributed by atoms with Gasteiger partial charge in [-0.3, -0.25) is 10.2 Å². The Morgan fingerprint density at radius 1 is 1.28 bits per heavy atom. The van der Waals surface area contributed by atoms with Crippen LogP contribution in [0.25, 0.3) is 22.2 Å². The number of likely N-dealkylation sites (N-methyl/N-ethyl adjacent to an activating group) is 1. The maximum absolute atomic E-state index is 11.0. The molecule has 7 rings (SSSR count). The molecule has 1 saturated heterocycles. The van der Waals surface area contributed by atoms with E-state index in [1.54, 1.807) is 0 Å². The second-order valence-corrected chi connectivity index (χ2v) is 10.7. The van der Waals surface area contributed by atoms with Crippen LogP contribution in [0, 0.1) is 11.3 Å². The molecule has 2 aliphatic heterocycles. The quantitative estimate of drug-likeness (QED) is 0.169. The SMILES string of the molecule is CN1CC[C@]23c4c5c(-c6ccc7ccccc7n6)cc(O)c4O[C@H]2[C@@H](O)C=C[C@H]3[C@H]1C5.N=C(N)NCC(=O)O. The molecular formula is C29H31N5O5. The van der Waals surface area contributed by atoms with Gasteiger partial charge in [-0.15, -0.1) is 0 Å².